The Morgan fingerprint density at radius 1 is 1.08 bits per heavy atom. The smallest absolute Gasteiger partial charge is 0.296 e. The lowest BCUT2D eigenvalue weighted by Gasteiger charge is -2.05. The molecule has 0 radical (unpaired) electrons. The molecular formula is C16H13N3O6. The van der Waals surface area contributed by atoms with Crippen LogP contribution in [-0.2, 0) is 4.79 Å². The number of carbonyl (C=O) groups is 1. The van der Waals surface area contributed by atoms with E-state index in [0.29, 0.717) is 11.3 Å². The first-order valence-electron chi connectivity index (χ1n) is 6.96. The molecule has 0 aliphatic heterocycles. The van der Waals surface area contributed by atoms with Gasteiger partial charge in [0.15, 0.2) is 0 Å². The molecule has 2 rings (SSSR count). The van der Waals surface area contributed by atoms with Crippen LogP contribution in [0.3, 0.4) is 0 Å². The number of hydrogen-bond donors (Lipinski definition) is 1. The number of amides is 1. The van der Waals surface area contributed by atoms with E-state index in [1.807, 2.05) is 0 Å². The van der Waals surface area contributed by atoms with Crippen molar-refractivity contribution in [3.8, 4) is 5.75 Å². The van der Waals surface area contributed by atoms with E-state index >= 15 is 0 Å². The third-order valence-electron chi connectivity index (χ3n) is 3.19. The van der Waals surface area contributed by atoms with Gasteiger partial charge >= 0.3 is 0 Å². The molecule has 0 atom stereocenters. The van der Waals surface area contributed by atoms with Gasteiger partial charge in [-0.25, -0.2) is 0 Å². The van der Waals surface area contributed by atoms with Crippen LogP contribution < -0.4 is 10.1 Å². The summed E-state index contributed by atoms with van der Waals surface area (Å²) >= 11 is 0. The predicted octanol–water partition coefficient (Wildman–Crippen LogP) is 3.16. The molecule has 0 heterocycles. The van der Waals surface area contributed by atoms with Crippen molar-refractivity contribution in [3.05, 3.63) is 74.3 Å². The summed E-state index contributed by atoms with van der Waals surface area (Å²) in [6.07, 6.45) is 2.61. The average Bonchev–Trinajstić information content (AvgIpc) is 2.60. The number of methoxy groups -OCH3 is 1. The summed E-state index contributed by atoms with van der Waals surface area (Å²) in [5.41, 5.74) is 0.251. The maximum atomic E-state index is 11.9. The average molecular weight is 343 g/mol. The molecule has 2 aromatic rings. The molecule has 9 heteroatoms. The molecule has 0 fully saturated rings. The van der Waals surface area contributed by atoms with Crippen LogP contribution in [0.4, 0.5) is 17.1 Å². The quantitative estimate of drug-likeness (QED) is 0.488. The number of anilines is 1. The second-order valence-electron chi connectivity index (χ2n) is 4.81. The van der Waals surface area contributed by atoms with Gasteiger partial charge in [0, 0.05) is 18.2 Å². The van der Waals surface area contributed by atoms with Crippen molar-refractivity contribution in [2.45, 2.75) is 0 Å². The lowest BCUT2D eigenvalue weighted by molar-refractivity contribution is -0.384. The van der Waals surface area contributed by atoms with Crippen LogP contribution >= 0.6 is 0 Å². The fourth-order valence-electron chi connectivity index (χ4n) is 1.95. The zero-order valence-electron chi connectivity index (χ0n) is 13.0. The van der Waals surface area contributed by atoms with E-state index in [4.69, 9.17) is 4.74 Å². The highest BCUT2D eigenvalue weighted by atomic mass is 16.6. The number of hydrogen-bond acceptors (Lipinski definition) is 6. The molecule has 0 saturated heterocycles. The highest BCUT2D eigenvalue weighted by Crippen LogP contribution is 2.28. The lowest BCUT2D eigenvalue weighted by atomic mass is 10.2. The summed E-state index contributed by atoms with van der Waals surface area (Å²) in [4.78, 5) is 32.4. The minimum Gasteiger partial charge on any atom is -0.496 e. The van der Waals surface area contributed by atoms with Crippen LogP contribution in [0, 0.1) is 20.2 Å². The maximum Gasteiger partial charge on any atom is 0.296 e. The van der Waals surface area contributed by atoms with E-state index in [1.54, 1.807) is 0 Å². The Bertz CT molecular complexity index is 845. The summed E-state index contributed by atoms with van der Waals surface area (Å²) in [6.45, 7) is 0. The molecule has 0 saturated carbocycles. The van der Waals surface area contributed by atoms with Crippen molar-refractivity contribution in [1.29, 1.82) is 0 Å². The first-order valence-corrected chi connectivity index (χ1v) is 6.96. The van der Waals surface area contributed by atoms with E-state index in [1.165, 1.54) is 61.7 Å². The molecule has 1 amide bonds. The van der Waals surface area contributed by atoms with Gasteiger partial charge in [0.25, 0.3) is 11.4 Å². The van der Waals surface area contributed by atoms with Crippen molar-refractivity contribution in [3.63, 3.8) is 0 Å². The number of nitrogens with zero attached hydrogens (tertiary/aromatic N) is 2. The third kappa shape index (κ3) is 4.61. The van der Waals surface area contributed by atoms with Crippen LogP contribution in [0.25, 0.3) is 6.08 Å². The minimum absolute atomic E-state index is 0.0316. The summed E-state index contributed by atoms with van der Waals surface area (Å²) in [5, 5.41) is 24.0. The van der Waals surface area contributed by atoms with Gasteiger partial charge in [-0.05, 0) is 35.9 Å². The summed E-state index contributed by atoms with van der Waals surface area (Å²) in [7, 11) is 1.38. The van der Waals surface area contributed by atoms with Crippen LogP contribution in [0.2, 0.25) is 0 Å². The monoisotopic (exact) mass is 343 g/mol. The summed E-state index contributed by atoms with van der Waals surface area (Å²) in [5.74, 6) is -0.280. The standard InChI is InChI=1S/C16H13N3O6/c1-25-13-7-8-14(15(10-13)19(23)24)17-16(20)9-4-11-2-5-12(6-3-11)18(21)22/h2-10H,1H3,(H,17,20). The molecule has 0 bridgehead atoms. The Balaban J connectivity index is 2.12. The molecule has 1 N–H and O–H groups in total. The van der Waals surface area contributed by atoms with E-state index in [9.17, 15) is 25.0 Å². The Labute approximate surface area is 141 Å². The van der Waals surface area contributed by atoms with Crippen molar-refractivity contribution in [1.82, 2.24) is 0 Å². The minimum atomic E-state index is -0.627. The number of ether oxygens (including phenoxy) is 1. The van der Waals surface area contributed by atoms with Gasteiger partial charge < -0.3 is 10.1 Å². The van der Waals surface area contributed by atoms with Gasteiger partial charge in [0.1, 0.15) is 11.4 Å². The zero-order chi connectivity index (χ0) is 18.4. The van der Waals surface area contributed by atoms with Gasteiger partial charge in [-0.2, -0.15) is 0 Å². The Morgan fingerprint density at radius 2 is 1.76 bits per heavy atom. The Hall–Kier alpha value is -3.75. The number of carbonyl (C=O) groups excluding carboxylic acids is 1. The topological polar surface area (TPSA) is 125 Å². The van der Waals surface area contributed by atoms with Gasteiger partial charge in [-0.1, -0.05) is 0 Å². The second kappa shape index (κ2) is 7.68. The fourth-order valence-corrected chi connectivity index (χ4v) is 1.95. The van der Waals surface area contributed by atoms with Crippen LogP contribution in [0.1, 0.15) is 5.56 Å². The van der Waals surface area contributed by atoms with Gasteiger partial charge in [0.05, 0.1) is 23.0 Å². The number of nitrogens with one attached hydrogen (secondary N) is 1. The second-order valence-corrected chi connectivity index (χ2v) is 4.81. The van der Waals surface area contributed by atoms with Crippen LogP contribution in [-0.4, -0.2) is 22.9 Å². The number of rotatable bonds is 6. The van der Waals surface area contributed by atoms with E-state index in [-0.39, 0.29) is 17.1 Å². The van der Waals surface area contributed by atoms with Crippen molar-refractivity contribution in [2.75, 3.05) is 12.4 Å². The van der Waals surface area contributed by atoms with Crippen LogP contribution in [0.15, 0.2) is 48.5 Å². The molecule has 0 aromatic heterocycles. The molecule has 25 heavy (non-hydrogen) atoms. The molecule has 0 unspecified atom stereocenters. The lowest BCUT2D eigenvalue weighted by Crippen LogP contribution is -2.09. The summed E-state index contributed by atoms with van der Waals surface area (Å²) in [6, 6.07) is 9.65. The van der Waals surface area contributed by atoms with E-state index in [0.717, 1.165) is 0 Å². The van der Waals surface area contributed by atoms with Gasteiger partial charge in [-0.3, -0.25) is 25.0 Å². The van der Waals surface area contributed by atoms with Crippen molar-refractivity contribution >= 4 is 29.0 Å². The van der Waals surface area contributed by atoms with Crippen molar-refractivity contribution in [2.24, 2.45) is 0 Å². The Morgan fingerprint density at radius 3 is 2.32 bits per heavy atom. The first kappa shape index (κ1) is 17.6. The zero-order valence-corrected chi connectivity index (χ0v) is 13.0. The molecule has 9 nitrogen and oxygen atoms in total. The molecular weight excluding hydrogens is 330 g/mol. The highest BCUT2D eigenvalue weighted by Gasteiger charge is 2.16. The Kier molecular flexibility index (Phi) is 5.41. The van der Waals surface area contributed by atoms with Gasteiger partial charge in [-0.15, -0.1) is 0 Å². The maximum absolute atomic E-state index is 11.9. The molecule has 0 spiro atoms. The van der Waals surface area contributed by atoms with Crippen molar-refractivity contribution < 1.29 is 19.4 Å². The SMILES string of the molecule is COc1ccc(NC(=O)C=Cc2ccc([N+](=O)[O-])cc2)c([N+](=O)[O-])c1. The van der Waals surface area contributed by atoms with Gasteiger partial charge in [0.2, 0.25) is 5.91 Å². The van der Waals surface area contributed by atoms with E-state index in [2.05, 4.69) is 5.32 Å². The molecule has 2 aromatic carbocycles. The summed E-state index contributed by atoms with van der Waals surface area (Å²) < 4.78 is 4.92. The number of benzene rings is 2. The number of nitro benzene ring substituents is 2. The highest BCUT2D eigenvalue weighted by molar-refractivity contribution is 6.03. The van der Waals surface area contributed by atoms with E-state index < -0.39 is 15.8 Å². The molecule has 128 valence electrons. The molecule has 0 aliphatic carbocycles. The number of non-ortho nitro benzene ring substituents is 1. The third-order valence-corrected chi connectivity index (χ3v) is 3.19. The number of nitro groups is 2. The first-order chi connectivity index (χ1) is 11.9. The fraction of sp³-hybridized carbons (Fsp3) is 0.0625. The van der Waals surface area contributed by atoms with Crippen LogP contribution in [0.5, 0.6) is 5.75 Å². The molecule has 0 aliphatic rings. The largest absolute Gasteiger partial charge is 0.496 e. The normalized spacial score (nSPS) is 10.4. The predicted molar refractivity (Wildman–Crippen MR) is 90.4 cm³/mol.